The maximum Gasteiger partial charge on any atom is 0.231 e. The van der Waals surface area contributed by atoms with Gasteiger partial charge < -0.3 is 5.11 Å². The lowest BCUT2D eigenvalue weighted by atomic mass is 10.00. The van der Waals surface area contributed by atoms with Crippen molar-refractivity contribution in [2.24, 2.45) is 0 Å². The number of aryl methyl sites for hydroxylation is 2. The molecule has 1 amide bonds. The predicted octanol–water partition coefficient (Wildman–Crippen LogP) is 3.31. The lowest BCUT2D eigenvalue weighted by molar-refractivity contribution is -0.118. The van der Waals surface area contributed by atoms with Gasteiger partial charge >= 0.3 is 0 Å². The molecule has 0 spiro atoms. The summed E-state index contributed by atoms with van der Waals surface area (Å²) >= 11 is 0. The zero-order chi connectivity index (χ0) is 13.4. The van der Waals surface area contributed by atoms with Gasteiger partial charge in [0.2, 0.25) is 5.91 Å². The summed E-state index contributed by atoms with van der Waals surface area (Å²) in [6.07, 6.45) is 1.24. The summed E-state index contributed by atoms with van der Waals surface area (Å²) in [4.78, 5) is 13.9. The predicted molar refractivity (Wildman–Crippen MR) is 74.8 cm³/mol. The summed E-state index contributed by atoms with van der Waals surface area (Å²) in [5, 5.41) is 9.65. The Labute approximate surface area is 112 Å². The van der Waals surface area contributed by atoms with E-state index in [2.05, 4.69) is 0 Å². The number of phenolic OH excluding ortho intramolecular Hbond substituents is 1. The van der Waals surface area contributed by atoms with Crippen molar-refractivity contribution in [3.05, 3.63) is 53.6 Å². The monoisotopic (exact) mass is 253 g/mol. The van der Waals surface area contributed by atoms with Crippen LogP contribution in [-0.4, -0.2) is 11.0 Å². The van der Waals surface area contributed by atoms with E-state index < -0.39 is 0 Å². The third-order valence-electron chi connectivity index (χ3n) is 3.46. The van der Waals surface area contributed by atoms with E-state index in [1.54, 1.807) is 17.0 Å². The fraction of sp³-hybridized carbons (Fsp3) is 0.188. The highest BCUT2D eigenvalue weighted by Crippen LogP contribution is 2.36. The summed E-state index contributed by atoms with van der Waals surface area (Å²) < 4.78 is 0. The number of rotatable bonds is 1. The number of phenols is 1. The molecular weight excluding hydrogens is 238 g/mol. The third-order valence-corrected chi connectivity index (χ3v) is 3.46. The van der Waals surface area contributed by atoms with Crippen molar-refractivity contribution >= 4 is 17.3 Å². The van der Waals surface area contributed by atoms with Crippen molar-refractivity contribution in [3.8, 4) is 5.75 Å². The molecule has 0 radical (unpaired) electrons. The van der Waals surface area contributed by atoms with Crippen molar-refractivity contribution in [2.75, 3.05) is 4.90 Å². The second kappa shape index (κ2) is 4.43. The van der Waals surface area contributed by atoms with Gasteiger partial charge in [-0.25, -0.2) is 0 Å². The van der Waals surface area contributed by atoms with Crippen LogP contribution in [0.2, 0.25) is 0 Å². The van der Waals surface area contributed by atoms with Gasteiger partial charge in [0.15, 0.2) is 0 Å². The van der Waals surface area contributed by atoms with Crippen LogP contribution in [0.5, 0.6) is 5.75 Å². The topological polar surface area (TPSA) is 40.5 Å². The average Bonchev–Trinajstić information content (AvgIpc) is 2.40. The zero-order valence-corrected chi connectivity index (χ0v) is 10.8. The molecule has 0 aliphatic carbocycles. The van der Waals surface area contributed by atoms with E-state index in [0.717, 1.165) is 28.9 Å². The first-order chi connectivity index (χ1) is 9.15. The maximum atomic E-state index is 12.2. The molecule has 1 N–H and O–H groups in total. The second-order valence-corrected chi connectivity index (χ2v) is 4.88. The first-order valence-electron chi connectivity index (χ1n) is 6.37. The van der Waals surface area contributed by atoms with Crippen molar-refractivity contribution < 1.29 is 9.90 Å². The summed E-state index contributed by atoms with van der Waals surface area (Å²) in [5.41, 5.74) is 3.89. The standard InChI is InChI=1S/C16H15NO2/c1-11-2-6-13(7-3-11)17-15-10-14(18)8-4-12(15)5-9-16(17)19/h2-4,6-8,10,18H,5,9H2,1H3. The number of carbonyl (C=O) groups is 1. The molecule has 0 atom stereocenters. The van der Waals surface area contributed by atoms with Gasteiger partial charge in [0, 0.05) is 18.2 Å². The molecule has 3 heteroatoms. The zero-order valence-electron chi connectivity index (χ0n) is 10.8. The Morgan fingerprint density at radius 3 is 2.53 bits per heavy atom. The fourth-order valence-corrected chi connectivity index (χ4v) is 2.44. The SMILES string of the molecule is Cc1ccc(N2C(=O)CCc3ccc(O)cc32)cc1. The van der Waals surface area contributed by atoms with E-state index in [1.807, 2.05) is 37.3 Å². The van der Waals surface area contributed by atoms with E-state index >= 15 is 0 Å². The van der Waals surface area contributed by atoms with E-state index in [-0.39, 0.29) is 11.7 Å². The third kappa shape index (κ3) is 2.08. The number of nitrogens with zero attached hydrogens (tertiary/aromatic N) is 1. The molecule has 3 nitrogen and oxygen atoms in total. The van der Waals surface area contributed by atoms with Crippen LogP contribution in [0.25, 0.3) is 0 Å². The lowest BCUT2D eigenvalue weighted by Gasteiger charge is -2.29. The number of hydrogen-bond donors (Lipinski definition) is 1. The summed E-state index contributed by atoms with van der Waals surface area (Å²) in [7, 11) is 0. The van der Waals surface area contributed by atoms with E-state index in [0.29, 0.717) is 6.42 Å². The molecular formula is C16H15NO2. The minimum atomic E-state index is 0.0713. The Balaban J connectivity index is 2.12. The van der Waals surface area contributed by atoms with E-state index in [9.17, 15) is 9.90 Å². The molecule has 0 saturated heterocycles. The number of aromatic hydroxyl groups is 1. The first kappa shape index (κ1) is 11.8. The van der Waals surface area contributed by atoms with Gasteiger partial charge in [-0.2, -0.15) is 0 Å². The Morgan fingerprint density at radius 1 is 1.05 bits per heavy atom. The lowest BCUT2D eigenvalue weighted by Crippen LogP contribution is -2.30. The van der Waals surface area contributed by atoms with Crippen LogP contribution in [0.1, 0.15) is 17.5 Å². The number of amides is 1. The molecule has 1 aliphatic heterocycles. The van der Waals surface area contributed by atoms with Crippen LogP contribution in [0.3, 0.4) is 0 Å². The number of benzene rings is 2. The van der Waals surface area contributed by atoms with Gasteiger partial charge in [-0.05, 0) is 37.1 Å². The van der Waals surface area contributed by atoms with Crippen LogP contribution >= 0.6 is 0 Å². The maximum absolute atomic E-state index is 12.2. The highest BCUT2D eigenvalue weighted by atomic mass is 16.3. The highest BCUT2D eigenvalue weighted by Gasteiger charge is 2.25. The summed E-state index contributed by atoms with van der Waals surface area (Å²) in [6.45, 7) is 2.02. The number of carbonyl (C=O) groups excluding carboxylic acids is 1. The van der Waals surface area contributed by atoms with Crippen LogP contribution in [-0.2, 0) is 11.2 Å². The van der Waals surface area contributed by atoms with Gasteiger partial charge in [0.05, 0.1) is 5.69 Å². The van der Waals surface area contributed by atoms with Gasteiger partial charge in [-0.3, -0.25) is 9.69 Å². The molecule has 0 bridgehead atoms. The Kier molecular flexibility index (Phi) is 2.75. The molecule has 96 valence electrons. The fourth-order valence-electron chi connectivity index (χ4n) is 2.44. The van der Waals surface area contributed by atoms with Gasteiger partial charge in [0.1, 0.15) is 5.75 Å². The van der Waals surface area contributed by atoms with Crippen LogP contribution in [0, 0.1) is 6.92 Å². The normalized spacial score (nSPS) is 14.4. The smallest absolute Gasteiger partial charge is 0.231 e. The van der Waals surface area contributed by atoms with Crippen LogP contribution < -0.4 is 4.90 Å². The molecule has 2 aromatic carbocycles. The Hall–Kier alpha value is -2.29. The number of fused-ring (bicyclic) bond motifs is 1. The quantitative estimate of drug-likeness (QED) is 0.847. The van der Waals surface area contributed by atoms with Crippen molar-refractivity contribution in [3.63, 3.8) is 0 Å². The first-order valence-corrected chi connectivity index (χ1v) is 6.37. The molecule has 0 aromatic heterocycles. The summed E-state index contributed by atoms with van der Waals surface area (Å²) in [5.74, 6) is 0.257. The molecule has 0 saturated carbocycles. The minimum Gasteiger partial charge on any atom is -0.508 e. The number of hydrogen-bond acceptors (Lipinski definition) is 2. The van der Waals surface area contributed by atoms with Crippen molar-refractivity contribution in [1.82, 2.24) is 0 Å². The second-order valence-electron chi connectivity index (χ2n) is 4.88. The largest absolute Gasteiger partial charge is 0.508 e. The molecule has 19 heavy (non-hydrogen) atoms. The Morgan fingerprint density at radius 2 is 1.79 bits per heavy atom. The van der Waals surface area contributed by atoms with Crippen molar-refractivity contribution in [2.45, 2.75) is 19.8 Å². The molecule has 3 rings (SSSR count). The highest BCUT2D eigenvalue weighted by molar-refractivity contribution is 6.03. The molecule has 1 heterocycles. The van der Waals surface area contributed by atoms with Crippen LogP contribution in [0.15, 0.2) is 42.5 Å². The van der Waals surface area contributed by atoms with Gasteiger partial charge in [0.25, 0.3) is 0 Å². The minimum absolute atomic E-state index is 0.0713. The molecule has 0 unspecified atom stereocenters. The Bertz CT molecular complexity index is 632. The molecule has 0 fully saturated rings. The van der Waals surface area contributed by atoms with E-state index in [4.69, 9.17) is 0 Å². The summed E-state index contributed by atoms with van der Waals surface area (Å²) in [6, 6.07) is 13.1. The number of anilines is 2. The average molecular weight is 253 g/mol. The van der Waals surface area contributed by atoms with Gasteiger partial charge in [-0.1, -0.05) is 23.8 Å². The molecule has 1 aliphatic rings. The van der Waals surface area contributed by atoms with Crippen LogP contribution in [0.4, 0.5) is 11.4 Å². The van der Waals surface area contributed by atoms with Gasteiger partial charge in [-0.15, -0.1) is 0 Å². The molecule has 2 aromatic rings. The van der Waals surface area contributed by atoms with E-state index in [1.165, 1.54) is 0 Å². The van der Waals surface area contributed by atoms with Crippen molar-refractivity contribution in [1.29, 1.82) is 0 Å².